The van der Waals surface area contributed by atoms with Crippen molar-refractivity contribution in [2.24, 2.45) is 0 Å². The van der Waals surface area contributed by atoms with Crippen LogP contribution in [0.3, 0.4) is 0 Å². The summed E-state index contributed by atoms with van der Waals surface area (Å²) < 4.78 is 0. The number of aromatic hydroxyl groups is 2. The number of H-pyrrole nitrogens is 1. The van der Waals surface area contributed by atoms with Crippen molar-refractivity contribution in [3.63, 3.8) is 0 Å². The lowest BCUT2D eigenvalue weighted by Gasteiger charge is -2.27. The second-order valence-electron chi connectivity index (χ2n) is 8.13. The fourth-order valence-electron chi connectivity index (χ4n) is 4.41. The molecular formula is C23H23ClN4O3. The van der Waals surface area contributed by atoms with Crippen molar-refractivity contribution in [2.75, 3.05) is 18.0 Å². The lowest BCUT2D eigenvalue weighted by molar-refractivity contribution is -0.117. The van der Waals surface area contributed by atoms with Crippen LogP contribution < -0.4 is 4.90 Å². The summed E-state index contributed by atoms with van der Waals surface area (Å²) in [5, 5.41) is 27.7. The number of fused-ring (bicyclic) bond motifs is 1. The first-order valence-corrected chi connectivity index (χ1v) is 10.8. The highest BCUT2D eigenvalue weighted by atomic mass is 35.5. The summed E-state index contributed by atoms with van der Waals surface area (Å²) in [4.78, 5) is 16.1. The molecule has 31 heavy (non-hydrogen) atoms. The minimum absolute atomic E-state index is 0.0552. The van der Waals surface area contributed by atoms with Gasteiger partial charge in [-0.15, -0.1) is 0 Å². The molecule has 0 radical (unpaired) electrons. The Balaban J connectivity index is 1.34. The molecule has 3 heterocycles. The van der Waals surface area contributed by atoms with Gasteiger partial charge in [0.15, 0.2) is 0 Å². The molecule has 3 N–H and O–H groups in total. The number of hydrogen-bond donors (Lipinski definition) is 3. The lowest BCUT2D eigenvalue weighted by atomic mass is 9.99. The van der Waals surface area contributed by atoms with E-state index in [2.05, 4.69) is 27.2 Å². The van der Waals surface area contributed by atoms with E-state index in [0.717, 1.165) is 49.4 Å². The van der Waals surface area contributed by atoms with Crippen LogP contribution in [0.5, 0.6) is 11.5 Å². The summed E-state index contributed by atoms with van der Waals surface area (Å²) in [7, 11) is 0. The Kier molecular flexibility index (Phi) is 5.08. The molecule has 0 bridgehead atoms. The van der Waals surface area contributed by atoms with Crippen LogP contribution in [-0.2, 0) is 24.3 Å². The van der Waals surface area contributed by atoms with Crippen LogP contribution in [0.25, 0.3) is 11.3 Å². The van der Waals surface area contributed by atoms with E-state index < -0.39 is 0 Å². The van der Waals surface area contributed by atoms with Gasteiger partial charge >= 0.3 is 0 Å². The van der Waals surface area contributed by atoms with E-state index in [9.17, 15) is 15.0 Å². The molecule has 1 aromatic heterocycles. The fourth-order valence-corrected chi connectivity index (χ4v) is 4.57. The van der Waals surface area contributed by atoms with Gasteiger partial charge in [-0.3, -0.25) is 14.8 Å². The molecule has 1 saturated heterocycles. The summed E-state index contributed by atoms with van der Waals surface area (Å²) in [5.41, 5.74) is 5.38. The molecule has 2 aliphatic heterocycles. The van der Waals surface area contributed by atoms with Crippen LogP contribution in [0.4, 0.5) is 5.69 Å². The second-order valence-corrected chi connectivity index (χ2v) is 8.53. The highest BCUT2D eigenvalue weighted by molar-refractivity contribution is 6.32. The molecule has 7 nitrogen and oxygen atoms in total. The van der Waals surface area contributed by atoms with E-state index in [-0.39, 0.29) is 22.4 Å². The lowest BCUT2D eigenvalue weighted by Crippen LogP contribution is -2.30. The van der Waals surface area contributed by atoms with Gasteiger partial charge in [0.05, 0.1) is 5.02 Å². The first-order valence-electron chi connectivity index (χ1n) is 10.4. The molecule has 0 atom stereocenters. The zero-order valence-corrected chi connectivity index (χ0v) is 17.7. The second kappa shape index (κ2) is 7.90. The number of aromatic nitrogens is 2. The summed E-state index contributed by atoms with van der Waals surface area (Å²) in [5.74, 6) is -0.0187. The van der Waals surface area contributed by atoms with E-state index in [4.69, 9.17) is 11.6 Å². The van der Waals surface area contributed by atoms with Crippen molar-refractivity contribution in [3.8, 4) is 22.8 Å². The third kappa shape index (κ3) is 3.75. The number of hydrogen-bond acceptors (Lipinski definition) is 5. The number of nitrogens with zero attached hydrogens (tertiary/aromatic N) is 3. The smallest absolute Gasteiger partial charge is 0.227 e. The van der Waals surface area contributed by atoms with Gasteiger partial charge in [-0.1, -0.05) is 23.7 Å². The average molecular weight is 439 g/mol. The van der Waals surface area contributed by atoms with Crippen molar-refractivity contribution in [1.29, 1.82) is 0 Å². The molecule has 0 saturated carbocycles. The molecule has 0 spiro atoms. The number of halogens is 1. The van der Waals surface area contributed by atoms with Crippen molar-refractivity contribution >= 4 is 23.2 Å². The van der Waals surface area contributed by atoms with Crippen molar-refractivity contribution < 1.29 is 15.0 Å². The first kappa shape index (κ1) is 19.9. The standard InChI is InChI=1S/C23H23ClN4O3/c24-18-10-16(20(29)11-21(18)30)23-17-13-27(9-7-19(17)25-26-23)12-14-3-5-15(6-4-14)28-8-1-2-22(28)31/h3-6,10-11,29-30H,1-2,7-9,12-13H2,(H,25,26). The molecule has 8 heteroatoms. The van der Waals surface area contributed by atoms with Gasteiger partial charge < -0.3 is 15.1 Å². The van der Waals surface area contributed by atoms with Crippen molar-refractivity contribution in [3.05, 3.63) is 58.2 Å². The summed E-state index contributed by atoms with van der Waals surface area (Å²) in [6, 6.07) is 11.0. The number of nitrogens with one attached hydrogen (secondary N) is 1. The molecule has 1 amide bonds. The number of phenolic OH excluding ortho intramolecular Hbond substituents is 2. The highest BCUT2D eigenvalue weighted by Gasteiger charge is 2.25. The number of carbonyl (C=O) groups excluding carboxylic acids is 1. The minimum Gasteiger partial charge on any atom is -0.507 e. The highest BCUT2D eigenvalue weighted by Crippen LogP contribution is 2.39. The topological polar surface area (TPSA) is 92.7 Å². The maximum absolute atomic E-state index is 11.9. The van der Waals surface area contributed by atoms with E-state index in [1.54, 1.807) is 6.07 Å². The summed E-state index contributed by atoms with van der Waals surface area (Å²) in [6.07, 6.45) is 2.38. The third-order valence-electron chi connectivity index (χ3n) is 6.06. The number of amides is 1. The Bertz CT molecular complexity index is 1140. The predicted octanol–water partition coefficient (Wildman–Crippen LogP) is 3.83. The van der Waals surface area contributed by atoms with E-state index >= 15 is 0 Å². The Labute approximate surface area is 184 Å². The maximum Gasteiger partial charge on any atom is 0.227 e. The van der Waals surface area contributed by atoms with Crippen LogP contribution in [0, 0.1) is 0 Å². The molecule has 5 rings (SSSR count). The SMILES string of the molecule is O=C1CCCN1c1ccc(CN2CCc3[nH]nc(-c4cc(Cl)c(O)cc4O)c3C2)cc1. The molecule has 160 valence electrons. The van der Waals surface area contributed by atoms with Gasteiger partial charge in [-0.05, 0) is 30.2 Å². The summed E-state index contributed by atoms with van der Waals surface area (Å²) >= 11 is 6.06. The molecule has 0 unspecified atom stereocenters. The quantitative estimate of drug-likeness (QED) is 0.575. The monoisotopic (exact) mass is 438 g/mol. The Morgan fingerprint density at radius 2 is 1.87 bits per heavy atom. The molecule has 2 aromatic carbocycles. The van der Waals surface area contributed by atoms with Crippen LogP contribution in [0.15, 0.2) is 36.4 Å². The largest absolute Gasteiger partial charge is 0.507 e. The maximum atomic E-state index is 11.9. The Hall–Kier alpha value is -3.03. The van der Waals surface area contributed by atoms with Crippen molar-refractivity contribution in [2.45, 2.75) is 32.4 Å². The predicted molar refractivity (Wildman–Crippen MR) is 118 cm³/mol. The molecule has 3 aromatic rings. The normalized spacial score (nSPS) is 16.7. The molecule has 0 aliphatic carbocycles. The van der Waals surface area contributed by atoms with Gasteiger partial charge in [-0.2, -0.15) is 5.10 Å². The first-order chi connectivity index (χ1) is 15.0. The van der Waals surface area contributed by atoms with Gasteiger partial charge in [-0.25, -0.2) is 0 Å². The molecular weight excluding hydrogens is 416 g/mol. The minimum atomic E-state index is -0.159. The van der Waals surface area contributed by atoms with Crippen LogP contribution in [0.2, 0.25) is 5.02 Å². The number of benzene rings is 2. The van der Waals surface area contributed by atoms with Crippen molar-refractivity contribution in [1.82, 2.24) is 15.1 Å². The van der Waals surface area contributed by atoms with Gasteiger partial charge in [0, 0.05) is 67.6 Å². The van der Waals surface area contributed by atoms with Gasteiger partial charge in [0.1, 0.15) is 17.2 Å². The zero-order valence-electron chi connectivity index (χ0n) is 16.9. The third-order valence-corrected chi connectivity index (χ3v) is 6.36. The zero-order chi connectivity index (χ0) is 21.5. The van der Waals surface area contributed by atoms with E-state index in [1.807, 2.05) is 17.0 Å². The van der Waals surface area contributed by atoms with E-state index in [0.29, 0.717) is 24.2 Å². The number of phenols is 2. The number of aromatic amines is 1. The Morgan fingerprint density at radius 3 is 2.61 bits per heavy atom. The van der Waals surface area contributed by atoms with Crippen LogP contribution >= 0.6 is 11.6 Å². The molecule has 1 fully saturated rings. The van der Waals surface area contributed by atoms with E-state index in [1.165, 1.54) is 11.6 Å². The number of carbonyl (C=O) groups is 1. The average Bonchev–Trinajstić information content (AvgIpc) is 3.37. The van der Waals surface area contributed by atoms with Gasteiger partial charge in [0.25, 0.3) is 0 Å². The summed E-state index contributed by atoms with van der Waals surface area (Å²) in [6.45, 7) is 3.15. The number of rotatable bonds is 4. The Morgan fingerprint density at radius 1 is 1.06 bits per heavy atom. The molecule has 2 aliphatic rings. The van der Waals surface area contributed by atoms with Crippen LogP contribution in [-0.4, -0.2) is 44.3 Å². The fraction of sp³-hybridized carbons (Fsp3) is 0.304. The number of anilines is 1. The van der Waals surface area contributed by atoms with Crippen LogP contribution in [0.1, 0.15) is 29.7 Å². The van der Waals surface area contributed by atoms with Gasteiger partial charge in [0.2, 0.25) is 5.91 Å².